The Kier molecular flexibility index (Phi) is 6.68. The number of hydrogen-bond acceptors (Lipinski definition) is 2. The number of carbonyl (C=O) groups excluding carboxylic acids is 1. The SMILES string of the molecule is CC(C)CC(CNC(=O)c1cc(Br)ccc1Br)C(=O)O. The minimum atomic E-state index is -0.882. The molecular formula is C14H17Br2NO3. The zero-order valence-electron chi connectivity index (χ0n) is 11.3. The van der Waals surface area contributed by atoms with Gasteiger partial charge in [0.1, 0.15) is 0 Å². The summed E-state index contributed by atoms with van der Waals surface area (Å²) in [4.78, 5) is 23.2. The van der Waals surface area contributed by atoms with E-state index in [9.17, 15) is 9.59 Å². The van der Waals surface area contributed by atoms with Gasteiger partial charge in [-0.2, -0.15) is 0 Å². The molecule has 0 fully saturated rings. The van der Waals surface area contributed by atoms with Gasteiger partial charge >= 0.3 is 5.97 Å². The zero-order chi connectivity index (χ0) is 15.3. The summed E-state index contributed by atoms with van der Waals surface area (Å²) in [6, 6.07) is 5.28. The van der Waals surface area contributed by atoms with Crippen LogP contribution in [0.25, 0.3) is 0 Å². The molecule has 0 saturated carbocycles. The Bertz CT molecular complexity index is 503. The van der Waals surface area contributed by atoms with Gasteiger partial charge in [-0.15, -0.1) is 0 Å². The van der Waals surface area contributed by atoms with Crippen LogP contribution in [0.1, 0.15) is 30.6 Å². The van der Waals surface area contributed by atoms with E-state index in [1.165, 1.54) is 0 Å². The Hall–Kier alpha value is -0.880. The Balaban J connectivity index is 2.70. The predicted molar refractivity (Wildman–Crippen MR) is 84.8 cm³/mol. The third-order valence-electron chi connectivity index (χ3n) is 2.79. The number of halogens is 2. The van der Waals surface area contributed by atoms with Gasteiger partial charge in [-0.3, -0.25) is 9.59 Å². The average molecular weight is 407 g/mol. The van der Waals surface area contributed by atoms with E-state index in [2.05, 4.69) is 37.2 Å². The quantitative estimate of drug-likeness (QED) is 0.756. The van der Waals surface area contributed by atoms with Crippen LogP contribution >= 0.6 is 31.9 Å². The van der Waals surface area contributed by atoms with Crippen LogP contribution in [0.4, 0.5) is 0 Å². The molecule has 0 radical (unpaired) electrons. The van der Waals surface area contributed by atoms with E-state index in [1.807, 2.05) is 19.9 Å². The first-order valence-electron chi connectivity index (χ1n) is 6.27. The average Bonchev–Trinajstić information content (AvgIpc) is 2.36. The van der Waals surface area contributed by atoms with Gasteiger partial charge < -0.3 is 10.4 Å². The highest BCUT2D eigenvalue weighted by molar-refractivity contribution is 9.11. The molecule has 1 aromatic rings. The van der Waals surface area contributed by atoms with Gasteiger partial charge in [-0.1, -0.05) is 29.8 Å². The summed E-state index contributed by atoms with van der Waals surface area (Å²) in [6.45, 7) is 4.05. The highest BCUT2D eigenvalue weighted by atomic mass is 79.9. The van der Waals surface area contributed by atoms with Gasteiger partial charge in [0.15, 0.2) is 0 Å². The molecule has 4 nitrogen and oxygen atoms in total. The molecule has 1 aromatic carbocycles. The van der Waals surface area contributed by atoms with Crippen LogP contribution in [0.3, 0.4) is 0 Å². The normalized spacial score (nSPS) is 12.2. The summed E-state index contributed by atoms with van der Waals surface area (Å²) < 4.78 is 1.47. The molecule has 0 aliphatic rings. The lowest BCUT2D eigenvalue weighted by atomic mass is 9.97. The Morgan fingerprint density at radius 2 is 1.95 bits per heavy atom. The number of carboxylic acids is 1. The highest BCUT2D eigenvalue weighted by Crippen LogP contribution is 2.21. The summed E-state index contributed by atoms with van der Waals surface area (Å²) >= 11 is 6.61. The molecule has 6 heteroatoms. The molecule has 0 aliphatic carbocycles. The number of carbonyl (C=O) groups is 2. The first kappa shape index (κ1) is 17.2. The number of nitrogens with one attached hydrogen (secondary N) is 1. The maximum atomic E-state index is 12.1. The molecule has 1 rings (SSSR count). The number of rotatable bonds is 6. The fourth-order valence-electron chi connectivity index (χ4n) is 1.82. The molecule has 0 aliphatic heterocycles. The lowest BCUT2D eigenvalue weighted by Crippen LogP contribution is -2.33. The van der Waals surface area contributed by atoms with Gasteiger partial charge in [0.05, 0.1) is 11.5 Å². The summed E-state index contributed by atoms with van der Waals surface area (Å²) in [6.07, 6.45) is 0.537. The van der Waals surface area contributed by atoms with Crippen molar-refractivity contribution in [3.8, 4) is 0 Å². The molecule has 0 spiro atoms. The number of aliphatic carboxylic acids is 1. The molecule has 0 bridgehead atoms. The van der Waals surface area contributed by atoms with Gasteiger partial charge in [0, 0.05) is 15.5 Å². The maximum absolute atomic E-state index is 12.1. The summed E-state index contributed by atoms with van der Waals surface area (Å²) in [5.74, 6) is -1.46. The fraction of sp³-hybridized carbons (Fsp3) is 0.429. The van der Waals surface area contributed by atoms with E-state index in [0.29, 0.717) is 16.5 Å². The van der Waals surface area contributed by atoms with Gasteiger partial charge in [0.2, 0.25) is 0 Å². The van der Waals surface area contributed by atoms with Crippen molar-refractivity contribution in [2.75, 3.05) is 6.54 Å². The lowest BCUT2D eigenvalue weighted by Gasteiger charge is -2.15. The molecular weight excluding hydrogens is 390 g/mol. The smallest absolute Gasteiger partial charge is 0.308 e. The molecule has 0 saturated heterocycles. The number of hydrogen-bond donors (Lipinski definition) is 2. The van der Waals surface area contributed by atoms with Crippen molar-refractivity contribution in [3.05, 3.63) is 32.7 Å². The number of amides is 1. The van der Waals surface area contributed by atoms with Crippen molar-refractivity contribution in [3.63, 3.8) is 0 Å². The van der Waals surface area contributed by atoms with E-state index in [1.54, 1.807) is 12.1 Å². The zero-order valence-corrected chi connectivity index (χ0v) is 14.5. The van der Waals surface area contributed by atoms with E-state index in [0.717, 1.165) is 4.47 Å². The van der Waals surface area contributed by atoms with Crippen molar-refractivity contribution in [1.82, 2.24) is 5.32 Å². The van der Waals surface area contributed by atoms with Crippen LogP contribution in [0.2, 0.25) is 0 Å². The first-order chi connectivity index (χ1) is 9.31. The van der Waals surface area contributed by atoms with Crippen LogP contribution < -0.4 is 5.32 Å². The maximum Gasteiger partial charge on any atom is 0.308 e. The second-order valence-electron chi connectivity index (χ2n) is 5.00. The van der Waals surface area contributed by atoms with Crippen LogP contribution in [-0.2, 0) is 4.79 Å². The molecule has 1 atom stereocenters. The minimum Gasteiger partial charge on any atom is -0.481 e. The molecule has 1 unspecified atom stereocenters. The monoisotopic (exact) mass is 405 g/mol. The number of carboxylic acid groups (broad SMARTS) is 1. The standard InChI is InChI=1S/C14H17Br2NO3/c1-8(2)5-9(14(19)20)7-17-13(18)11-6-10(15)3-4-12(11)16/h3-4,6,8-9H,5,7H2,1-2H3,(H,17,18)(H,19,20). The Morgan fingerprint density at radius 3 is 2.50 bits per heavy atom. The van der Waals surface area contributed by atoms with Crippen LogP contribution in [-0.4, -0.2) is 23.5 Å². The van der Waals surface area contributed by atoms with Crippen molar-refractivity contribution in [2.24, 2.45) is 11.8 Å². The third kappa shape index (κ3) is 5.25. The molecule has 110 valence electrons. The lowest BCUT2D eigenvalue weighted by molar-refractivity contribution is -0.142. The summed E-state index contributed by atoms with van der Waals surface area (Å²) in [5.41, 5.74) is 0.480. The topological polar surface area (TPSA) is 66.4 Å². The van der Waals surface area contributed by atoms with Crippen LogP contribution in [0, 0.1) is 11.8 Å². The first-order valence-corrected chi connectivity index (χ1v) is 7.86. The third-order valence-corrected chi connectivity index (χ3v) is 3.97. The van der Waals surface area contributed by atoms with Crippen LogP contribution in [0.5, 0.6) is 0 Å². The molecule has 0 heterocycles. The highest BCUT2D eigenvalue weighted by Gasteiger charge is 2.20. The fourth-order valence-corrected chi connectivity index (χ4v) is 2.61. The van der Waals surface area contributed by atoms with Crippen molar-refractivity contribution < 1.29 is 14.7 Å². The second-order valence-corrected chi connectivity index (χ2v) is 6.77. The minimum absolute atomic E-state index is 0.130. The van der Waals surface area contributed by atoms with E-state index in [-0.39, 0.29) is 18.4 Å². The van der Waals surface area contributed by atoms with E-state index in [4.69, 9.17) is 5.11 Å². The van der Waals surface area contributed by atoms with Crippen molar-refractivity contribution in [1.29, 1.82) is 0 Å². The molecule has 1 amide bonds. The van der Waals surface area contributed by atoms with Gasteiger partial charge in [0.25, 0.3) is 5.91 Å². The van der Waals surface area contributed by atoms with Crippen molar-refractivity contribution >= 4 is 43.7 Å². The summed E-state index contributed by atoms with van der Waals surface area (Å²) in [5, 5.41) is 11.8. The Morgan fingerprint density at radius 1 is 1.30 bits per heavy atom. The second kappa shape index (κ2) is 7.78. The van der Waals surface area contributed by atoms with Gasteiger partial charge in [-0.25, -0.2) is 0 Å². The molecule has 20 heavy (non-hydrogen) atoms. The van der Waals surface area contributed by atoms with E-state index >= 15 is 0 Å². The van der Waals surface area contributed by atoms with Gasteiger partial charge in [-0.05, 0) is 46.5 Å². The molecule has 0 aromatic heterocycles. The number of benzene rings is 1. The van der Waals surface area contributed by atoms with Crippen molar-refractivity contribution in [2.45, 2.75) is 20.3 Å². The Labute approximate surface area is 135 Å². The van der Waals surface area contributed by atoms with E-state index < -0.39 is 11.9 Å². The predicted octanol–water partition coefficient (Wildman–Crippen LogP) is 3.69. The summed E-state index contributed by atoms with van der Waals surface area (Å²) in [7, 11) is 0. The molecule has 2 N–H and O–H groups in total. The largest absolute Gasteiger partial charge is 0.481 e. The van der Waals surface area contributed by atoms with Crippen LogP contribution in [0.15, 0.2) is 27.1 Å².